The van der Waals surface area contributed by atoms with Crippen LogP contribution in [-0.4, -0.2) is 0 Å². The number of halogens is 1. The van der Waals surface area contributed by atoms with E-state index in [2.05, 4.69) is 42.9 Å². The van der Waals surface area contributed by atoms with Crippen molar-refractivity contribution in [1.29, 1.82) is 0 Å². The van der Waals surface area contributed by atoms with Crippen molar-refractivity contribution in [1.82, 2.24) is 0 Å². The summed E-state index contributed by atoms with van der Waals surface area (Å²) in [6.45, 7) is 0. The minimum absolute atomic E-state index is 0. The van der Waals surface area contributed by atoms with Crippen molar-refractivity contribution in [2.24, 2.45) is 0 Å². The van der Waals surface area contributed by atoms with E-state index in [9.17, 15) is 0 Å². The van der Waals surface area contributed by atoms with Crippen molar-refractivity contribution in [2.45, 2.75) is 12.8 Å². The van der Waals surface area contributed by atoms with Gasteiger partial charge in [-0.05, 0) is 12.8 Å². The summed E-state index contributed by atoms with van der Waals surface area (Å²) in [7, 11) is 0. The summed E-state index contributed by atoms with van der Waals surface area (Å²) in [6, 6.07) is 0. The Labute approximate surface area is 109 Å². The van der Waals surface area contributed by atoms with Crippen LogP contribution in [0, 0.1) is 6.42 Å². The molecule has 0 N–H and O–H groups in total. The molecule has 0 heterocycles. The van der Waals surface area contributed by atoms with E-state index in [1.807, 2.05) is 0 Å². The van der Waals surface area contributed by atoms with Gasteiger partial charge in [0.05, 0.1) is 0 Å². The van der Waals surface area contributed by atoms with E-state index in [0.29, 0.717) is 0 Å². The predicted octanol–water partition coefficient (Wildman–Crippen LogP) is 3.54. The third-order valence-corrected chi connectivity index (χ3v) is 1.97. The van der Waals surface area contributed by atoms with E-state index >= 15 is 0 Å². The van der Waals surface area contributed by atoms with Crippen LogP contribution in [0.3, 0.4) is 0 Å². The molecule has 0 aromatic heterocycles. The van der Waals surface area contributed by atoms with E-state index in [1.165, 1.54) is 11.1 Å². The zero-order valence-corrected chi connectivity index (χ0v) is 11.5. The summed E-state index contributed by atoms with van der Waals surface area (Å²) in [5, 5.41) is 0. The molecule has 13 heavy (non-hydrogen) atoms. The molecule has 0 radical (unpaired) electrons. The average Bonchev–Trinajstić information content (AvgIpc) is 2.60. The molecule has 2 aliphatic carbocycles. The van der Waals surface area contributed by atoms with Crippen LogP contribution in [-0.2, 0) is 26.2 Å². The molecular weight excluding hydrogens is 303 g/mol. The van der Waals surface area contributed by atoms with Crippen LogP contribution in [0.1, 0.15) is 12.8 Å². The van der Waals surface area contributed by atoms with Crippen molar-refractivity contribution in [3.8, 4) is 0 Å². The van der Waals surface area contributed by atoms with Crippen molar-refractivity contribution >= 4 is 17.0 Å². The van der Waals surface area contributed by atoms with E-state index < -0.39 is 0 Å². The molecule has 0 unspecified atom stereocenters. The fraction of sp³-hybridized carbons (Fsp3) is 0.182. The van der Waals surface area contributed by atoms with Crippen LogP contribution in [0.15, 0.2) is 47.6 Å². The first-order valence-electron chi connectivity index (χ1n) is 4.01. The molecule has 0 aromatic carbocycles. The Balaban J connectivity index is 0.000000720. The second-order valence-corrected chi connectivity index (χ2v) is 2.89. The molecule has 0 nitrogen and oxygen atoms in total. The predicted molar refractivity (Wildman–Crippen MR) is 58.3 cm³/mol. The van der Waals surface area contributed by atoms with Gasteiger partial charge in [-0.1, -0.05) is 12.2 Å². The van der Waals surface area contributed by atoms with Crippen molar-refractivity contribution in [3.63, 3.8) is 0 Å². The Kier molecular flexibility index (Phi) is 6.72. The van der Waals surface area contributed by atoms with Gasteiger partial charge in [0, 0.05) is 26.2 Å². The van der Waals surface area contributed by atoms with Gasteiger partial charge in [0.1, 0.15) is 0 Å². The molecule has 0 saturated heterocycles. The van der Waals surface area contributed by atoms with Crippen LogP contribution >= 0.6 is 17.0 Å². The summed E-state index contributed by atoms with van der Waals surface area (Å²) >= 11 is 0. The van der Waals surface area contributed by atoms with Crippen LogP contribution in [0.5, 0.6) is 0 Å². The smallest absolute Gasteiger partial charge is 0 e. The average molecular weight is 315 g/mol. The standard InChI is InChI=1S/C11H11.BrH.Zr/c1-2-6-10(5-1)9-11-7-3-4-8-11;;/h1-5,7,9H,6,8H2;1H;/q-1;;. The molecule has 0 fully saturated rings. The van der Waals surface area contributed by atoms with Gasteiger partial charge in [0.2, 0.25) is 0 Å². The second-order valence-electron chi connectivity index (χ2n) is 2.89. The summed E-state index contributed by atoms with van der Waals surface area (Å²) in [4.78, 5) is 0. The molecule has 2 aliphatic rings. The van der Waals surface area contributed by atoms with Gasteiger partial charge in [-0.25, -0.2) is 0 Å². The summed E-state index contributed by atoms with van der Waals surface area (Å²) in [5.74, 6) is 0. The Morgan fingerprint density at radius 3 is 1.69 bits per heavy atom. The molecule has 0 aliphatic heterocycles. The molecule has 0 atom stereocenters. The monoisotopic (exact) mass is 313 g/mol. The second kappa shape index (κ2) is 6.62. The number of rotatable bonds is 2. The minimum atomic E-state index is 0. The van der Waals surface area contributed by atoms with Gasteiger partial charge in [0.15, 0.2) is 0 Å². The molecule has 2 heteroatoms. The van der Waals surface area contributed by atoms with Gasteiger partial charge < -0.3 is 0 Å². The van der Waals surface area contributed by atoms with E-state index in [0.717, 1.165) is 12.8 Å². The summed E-state index contributed by atoms with van der Waals surface area (Å²) in [6.07, 6.45) is 17.5. The SMILES string of the molecule is Br.C1=CCC([CH-]C2=CC=CC2)=C1.[Zr]. The molecular formula is C11H12BrZr-. The Morgan fingerprint density at radius 1 is 0.923 bits per heavy atom. The molecule has 0 amide bonds. The first kappa shape index (κ1) is 13.2. The third kappa shape index (κ3) is 3.83. The quantitative estimate of drug-likeness (QED) is 0.684. The maximum absolute atomic E-state index is 2.28. The van der Waals surface area contributed by atoms with Crippen LogP contribution in [0.2, 0.25) is 0 Å². The zero-order valence-electron chi connectivity index (χ0n) is 7.36. The van der Waals surface area contributed by atoms with Gasteiger partial charge in [-0.15, -0.1) is 29.1 Å². The van der Waals surface area contributed by atoms with Crippen molar-refractivity contribution in [2.75, 3.05) is 0 Å². The third-order valence-electron chi connectivity index (χ3n) is 1.97. The Bertz CT molecular complexity index is 244. The molecule has 0 spiro atoms. The Hall–Kier alpha value is 0.193. The number of allylic oxidation sites excluding steroid dienone is 8. The first-order chi connectivity index (χ1) is 5.45. The van der Waals surface area contributed by atoms with Crippen molar-refractivity contribution in [3.05, 3.63) is 54.0 Å². The van der Waals surface area contributed by atoms with E-state index in [4.69, 9.17) is 0 Å². The maximum Gasteiger partial charge on any atom is 0 e. The summed E-state index contributed by atoms with van der Waals surface area (Å²) < 4.78 is 0. The Morgan fingerprint density at radius 2 is 1.38 bits per heavy atom. The van der Waals surface area contributed by atoms with Gasteiger partial charge >= 0.3 is 0 Å². The van der Waals surface area contributed by atoms with E-state index in [1.54, 1.807) is 0 Å². The molecule has 0 saturated carbocycles. The normalized spacial score (nSPS) is 17.2. The number of hydrogen-bond donors (Lipinski definition) is 0. The molecule has 0 aromatic rings. The number of hydrogen-bond acceptors (Lipinski definition) is 0. The fourth-order valence-electron chi connectivity index (χ4n) is 1.38. The van der Waals surface area contributed by atoms with Gasteiger partial charge in [-0.2, -0.15) is 29.7 Å². The van der Waals surface area contributed by atoms with Crippen LogP contribution in [0.25, 0.3) is 0 Å². The molecule has 68 valence electrons. The first-order valence-corrected chi connectivity index (χ1v) is 4.01. The zero-order chi connectivity index (χ0) is 7.52. The molecule has 0 bridgehead atoms. The topological polar surface area (TPSA) is 0 Å². The van der Waals surface area contributed by atoms with E-state index in [-0.39, 0.29) is 43.2 Å². The van der Waals surface area contributed by atoms with Gasteiger partial charge in [-0.3, -0.25) is 0 Å². The van der Waals surface area contributed by atoms with Crippen molar-refractivity contribution < 1.29 is 26.2 Å². The summed E-state index contributed by atoms with van der Waals surface area (Å²) in [5.41, 5.74) is 2.86. The van der Waals surface area contributed by atoms with Crippen LogP contribution in [0.4, 0.5) is 0 Å². The largest absolute Gasteiger partial charge is 0.163 e. The minimum Gasteiger partial charge on any atom is -0.163 e. The van der Waals surface area contributed by atoms with Crippen LogP contribution < -0.4 is 0 Å². The molecule has 2 rings (SSSR count). The maximum atomic E-state index is 2.28. The van der Waals surface area contributed by atoms with Gasteiger partial charge in [0.25, 0.3) is 0 Å². The fourth-order valence-corrected chi connectivity index (χ4v) is 1.38.